The molecule has 1 aromatic rings. The molecule has 1 aromatic carbocycles. The fourth-order valence-corrected chi connectivity index (χ4v) is 2.75. The highest BCUT2D eigenvalue weighted by Gasteiger charge is 2.54. The summed E-state index contributed by atoms with van der Waals surface area (Å²) < 4.78 is 26.7. The number of carbonyl (C=O) groups excluding carboxylic acids is 2. The van der Waals surface area contributed by atoms with E-state index in [2.05, 4.69) is 5.32 Å². The van der Waals surface area contributed by atoms with Crippen molar-refractivity contribution in [2.24, 2.45) is 0 Å². The third-order valence-electron chi connectivity index (χ3n) is 4.13. The van der Waals surface area contributed by atoms with E-state index in [1.165, 1.54) is 0 Å². The lowest BCUT2D eigenvalue weighted by Crippen LogP contribution is -2.52. The summed E-state index contributed by atoms with van der Waals surface area (Å²) in [6.07, 6.45) is 0.517. The van der Waals surface area contributed by atoms with Crippen LogP contribution < -0.4 is 5.32 Å². The van der Waals surface area contributed by atoms with Gasteiger partial charge in [-0.05, 0) is 37.5 Å². The highest BCUT2D eigenvalue weighted by atomic mass is 19.1. The van der Waals surface area contributed by atoms with Crippen LogP contribution in [0.1, 0.15) is 30.9 Å². The Balaban J connectivity index is 1.78. The number of imide groups is 1. The summed E-state index contributed by atoms with van der Waals surface area (Å²) in [7, 11) is 0. The fourth-order valence-electron chi connectivity index (χ4n) is 2.75. The first-order chi connectivity index (χ1) is 9.93. The second kappa shape index (κ2) is 4.77. The number of hydrogen-bond acceptors (Lipinski definition) is 3. The average Bonchev–Trinajstić information content (AvgIpc) is 2.65. The smallest absolute Gasteiger partial charge is 0.325 e. The molecule has 0 radical (unpaired) electrons. The maximum atomic E-state index is 13.6. The third kappa shape index (κ3) is 2.17. The quantitative estimate of drug-likeness (QED) is 0.830. The molecule has 0 aromatic heterocycles. The van der Waals surface area contributed by atoms with E-state index < -0.39 is 41.8 Å². The molecule has 1 unspecified atom stereocenters. The van der Waals surface area contributed by atoms with Crippen LogP contribution in [0, 0.1) is 11.6 Å². The Hall–Kier alpha value is -2.02. The molecule has 1 saturated heterocycles. The standard InChI is InChI=1S/C14H14F2N2O3/c15-8-2-3-10(16)9(6-8)11(19)7-18-12(20)14(4-1-5-14)17-13(18)21/h2-3,6,11,19H,1,4-5,7H2,(H,17,21). The molecule has 112 valence electrons. The van der Waals surface area contributed by atoms with Crippen LogP contribution in [0.3, 0.4) is 0 Å². The van der Waals surface area contributed by atoms with Crippen molar-refractivity contribution >= 4 is 11.9 Å². The SMILES string of the molecule is O=C1NC2(CCC2)C(=O)N1CC(O)c1cc(F)ccc1F. The summed E-state index contributed by atoms with van der Waals surface area (Å²) in [6, 6.07) is 2.09. The van der Waals surface area contributed by atoms with Crippen LogP contribution in [0.5, 0.6) is 0 Å². The van der Waals surface area contributed by atoms with Crippen LogP contribution in [-0.4, -0.2) is 34.0 Å². The van der Waals surface area contributed by atoms with Gasteiger partial charge in [-0.1, -0.05) is 0 Å². The number of aliphatic hydroxyl groups excluding tert-OH is 1. The molecule has 3 rings (SSSR count). The monoisotopic (exact) mass is 296 g/mol. The van der Waals surface area contributed by atoms with Gasteiger partial charge in [-0.25, -0.2) is 13.6 Å². The molecular weight excluding hydrogens is 282 g/mol. The van der Waals surface area contributed by atoms with Gasteiger partial charge in [0.1, 0.15) is 23.3 Å². The molecule has 2 aliphatic rings. The number of β-amino-alcohol motifs (C(OH)–C–C–N with tert-alkyl or cyclic N) is 1. The minimum atomic E-state index is -1.47. The summed E-state index contributed by atoms with van der Waals surface area (Å²) in [5.74, 6) is -1.89. The maximum Gasteiger partial charge on any atom is 0.325 e. The van der Waals surface area contributed by atoms with E-state index in [0.29, 0.717) is 12.8 Å². The number of aliphatic hydroxyl groups is 1. The normalized spacial score (nSPS) is 21.4. The molecule has 1 saturated carbocycles. The van der Waals surface area contributed by atoms with E-state index in [9.17, 15) is 23.5 Å². The van der Waals surface area contributed by atoms with E-state index in [0.717, 1.165) is 29.5 Å². The summed E-state index contributed by atoms with van der Waals surface area (Å²) in [5, 5.41) is 12.6. The Bertz CT molecular complexity index is 616. The number of amides is 3. The van der Waals surface area contributed by atoms with Gasteiger partial charge in [-0.3, -0.25) is 9.69 Å². The van der Waals surface area contributed by atoms with Gasteiger partial charge in [-0.15, -0.1) is 0 Å². The van der Waals surface area contributed by atoms with Gasteiger partial charge in [0.25, 0.3) is 5.91 Å². The molecule has 1 spiro atoms. The summed E-state index contributed by atoms with van der Waals surface area (Å²) in [5.41, 5.74) is -1.12. The van der Waals surface area contributed by atoms with Crippen molar-refractivity contribution in [3.63, 3.8) is 0 Å². The molecular formula is C14H14F2N2O3. The van der Waals surface area contributed by atoms with E-state index in [-0.39, 0.29) is 5.56 Å². The number of carbonyl (C=O) groups is 2. The van der Waals surface area contributed by atoms with E-state index in [4.69, 9.17) is 0 Å². The van der Waals surface area contributed by atoms with Crippen molar-refractivity contribution in [1.82, 2.24) is 10.2 Å². The molecule has 2 fully saturated rings. The lowest BCUT2D eigenvalue weighted by atomic mass is 9.77. The van der Waals surface area contributed by atoms with Crippen molar-refractivity contribution in [3.8, 4) is 0 Å². The molecule has 3 amide bonds. The van der Waals surface area contributed by atoms with Crippen molar-refractivity contribution in [3.05, 3.63) is 35.4 Å². The average molecular weight is 296 g/mol. The van der Waals surface area contributed by atoms with Gasteiger partial charge in [0, 0.05) is 5.56 Å². The van der Waals surface area contributed by atoms with Gasteiger partial charge in [0.15, 0.2) is 0 Å². The molecule has 0 bridgehead atoms. The van der Waals surface area contributed by atoms with Gasteiger partial charge in [-0.2, -0.15) is 0 Å². The molecule has 2 N–H and O–H groups in total. The van der Waals surface area contributed by atoms with Crippen LogP contribution in [-0.2, 0) is 4.79 Å². The Morgan fingerprint density at radius 3 is 2.62 bits per heavy atom. The Labute approximate surface area is 119 Å². The van der Waals surface area contributed by atoms with Crippen molar-refractivity contribution in [1.29, 1.82) is 0 Å². The first-order valence-electron chi connectivity index (χ1n) is 6.70. The Morgan fingerprint density at radius 2 is 2.05 bits per heavy atom. The Kier molecular flexibility index (Phi) is 3.16. The first kappa shape index (κ1) is 13.9. The molecule has 1 aliphatic heterocycles. The van der Waals surface area contributed by atoms with Gasteiger partial charge in [0.2, 0.25) is 0 Å². The van der Waals surface area contributed by atoms with Gasteiger partial charge in [0.05, 0.1) is 6.54 Å². The summed E-state index contributed by atoms with van der Waals surface area (Å²) in [4.78, 5) is 24.9. The molecule has 5 nitrogen and oxygen atoms in total. The summed E-state index contributed by atoms with van der Waals surface area (Å²) >= 11 is 0. The van der Waals surface area contributed by atoms with Crippen LogP contribution in [0.4, 0.5) is 13.6 Å². The third-order valence-corrected chi connectivity index (χ3v) is 4.13. The number of halogens is 2. The van der Waals surface area contributed by atoms with Crippen molar-refractivity contribution in [2.75, 3.05) is 6.54 Å². The highest BCUT2D eigenvalue weighted by molar-refractivity contribution is 6.07. The minimum Gasteiger partial charge on any atom is -0.386 e. The molecule has 1 heterocycles. The largest absolute Gasteiger partial charge is 0.386 e. The van der Waals surface area contributed by atoms with Crippen LogP contribution >= 0.6 is 0 Å². The topological polar surface area (TPSA) is 69.6 Å². The number of urea groups is 1. The second-order valence-corrected chi connectivity index (χ2v) is 5.46. The predicted molar refractivity (Wildman–Crippen MR) is 68.1 cm³/mol. The number of nitrogens with zero attached hydrogens (tertiary/aromatic N) is 1. The summed E-state index contributed by atoms with van der Waals surface area (Å²) in [6.45, 7) is -0.396. The van der Waals surface area contributed by atoms with Crippen molar-refractivity contribution < 1.29 is 23.5 Å². The zero-order valence-corrected chi connectivity index (χ0v) is 11.1. The Morgan fingerprint density at radius 1 is 1.33 bits per heavy atom. The van der Waals surface area contributed by atoms with E-state index in [1.807, 2.05) is 0 Å². The number of nitrogens with one attached hydrogen (secondary N) is 1. The van der Waals surface area contributed by atoms with Crippen molar-refractivity contribution in [2.45, 2.75) is 30.9 Å². The maximum absolute atomic E-state index is 13.6. The molecule has 7 heteroatoms. The molecule has 21 heavy (non-hydrogen) atoms. The highest BCUT2D eigenvalue weighted by Crippen LogP contribution is 2.37. The first-order valence-corrected chi connectivity index (χ1v) is 6.70. The predicted octanol–water partition coefficient (Wildman–Crippen LogP) is 1.47. The van der Waals surface area contributed by atoms with Gasteiger partial charge >= 0.3 is 6.03 Å². The lowest BCUT2D eigenvalue weighted by Gasteiger charge is -2.35. The van der Waals surface area contributed by atoms with E-state index in [1.54, 1.807) is 0 Å². The van der Waals surface area contributed by atoms with Gasteiger partial charge < -0.3 is 10.4 Å². The van der Waals surface area contributed by atoms with Crippen LogP contribution in [0.25, 0.3) is 0 Å². The number of hydrogen-bond donors (Lipinski definition) is 2. The lowest BCUT2D eigenvalue weighted by molar-refractivity contribution is -0.135. The number of rotatable bonds is 3. The van der Waals surface area contributed by atoms with Crippen LogP contribution in [0.2, 0.25) is 0 Å². The van der Waals surface area contributed by atoms with E-state index >= 15 is 0 Å². The second-order valence-electron chi connectivity index (χ2n) is 5.46. The zero-order valence-electron chi connectivity index (χ0n) is 11.1. The molecule has 1 aliphatic carbocycles. The minimum absolute atomic E-state index is 0.273. The van der Waals surface area contributed by atoms with Crippen LogP contribution in [0.15, 0.2) is 18.2 Å². The fraction of sp³-hybridized carbons (Fsp3) is 0.429. The number of benzene rings is 1. The zero-order chi connectivity index (χ0) is 15.2. The molecule has 1 atom stereocenters.